The summed E-state index contributed by atoms with van der Waals surface area (Å²) >= 11 is 6.00. The van der Waals surface area contributed by atoms with Gasteiger partial charge < -0.3 is 5.11 Å². The minimum atomic E-state index is -0.874. The van der Waals surface area contributed by atoms with Crippen molar-refractivity contribution in [1.82, 2.24) is 0 Å². The topological polar surface area (TPSA) is 20.2 Å². The van der Waals surface area contributed by atoms with Crippen molar-refractivity contribution in [3.63, 3.8) is 0 Å². The molecule has 2 heteroatoms. The third-order valence-corrected chi connectivity index (χ3v) is 3.76. The highest BCUT2D eigenvalue weighted by Crippen LogP contribution is 2.42. The van der Waals surface area contributed by atoms with E-state index in [0.717, 1.165) is 24.0 Å². The predicted octanol–water partition coefficient (Wildman–Crippen LogP) is 3.52. The molecule has 17 heavy (non-hydrogen) atoms. The normalized spacial score (nSPS) is 22.5. The molecule has 0 heterocycles. The van der Waals surface area contributed by atoms with E-state index in [1.807, 2.05) is 42.5 Å². The molecule has 0 spiro atoms. The van der Waals surface area contributed by atoms with E-state index < -0.39 is 5.60 Å². The summed E-state index contributed by atoms with van der Waals surface area (Å²) in [5.74, 6) is 0. The molecule has 0 aromatic heterocycles. The van der Waals surface area contributed by atoms with Crippen molar-refractivity contribution in [1.29, 1.82) is 0 Å². The van der Waals surface area contributed by atoms with Crippen LogP contribution in [0.5, 0.6) is 0 Å². The highest BCUT2D eigenvalue weighted by atomic mass is 35.5. The first kappa shape index (κ1) is 10.8. The van der Waals surface area contributed by atoms with Crippen molar-refractivity contribution in [3.8, 4) is 0 Å². The lowest BCUT2D eigenvalue weighted by atomic mass is 9.88. The van der Waals surface area contributed by atoms with Crippen LogP contribution in [-0.2, 0) is 12.0 Å². The zero-order valence-corrected chi connectivity index (χ0v) is 10.1. The number of hydrogen-bond acceptors (Lipinski definition) is 1. The molecule has 0 saturated heterocycles. The lowest BCUT2D eigenvalue weighted by molar-refractivity contribution is 0.0829. The Morgan fingerprint density at radius 2 is 1.88 bits per heavy atom. The first-order chi connectivity index (χ1) is 8.20. The SMILES string of the molecule is OC1(c2cccc(Cl)c2)CCc2ccccc21. The molecule has 86 valence electrons. The molecule has 1 aliphatic rings. The fourth-order valence-electron chi connectivity index (χ4n) is 2.64. The Morgan fingerprint density at radius 3 is 2.71 bits per heavy atom. The van der Waals surface area contributed by atoms with Gasteiger partial charge in [-0.15, -0.1) is 0 Å². The smallest absolute Gasteiger partial charge is 0.115 e. The molecule has 1 aliphatic carbocycles. The molecule has 2 aromatic rings. The maximum atomic E-state index is 10.9. The van der Waals surface area contributed by atoms with Gasteiger partial charge in [0.2, 0.25) is 0 Å². The second kappa shape index (κ2) is 3.86. The Bertz CT molecular complexity index is 564. The summed E-state index contributed by atoms with van der Waals surface area (Å²) in [6.45, 7) is 0. The quantitative estimate of drug-likeness (QED) is 0.814. The number of aryl methyl sites for hydroxylation is 1. The van der Waals surface area contributed by atoms with E-state index in [4.69, 9.17) is 11.6 Å². The van der Waals surface area contributed by atoms with Gasteiger partial charge >= 0.3 is 0 Å². The van der Waals surface area contributed by atoms with Crippen LogP contribution in [0, 0.1) is 0 Å². The van der Waals surface area contributed by atoms with Crippen molar-refractivity contribution in [3.05, 3.63) is 70.2 Å². The van der Waals surface area contributed by atoms with E-state index in [2.05, 4.69) is 6.07 Å². The lowest BCUT2D eigenvalue weighted by Gasteiger charge is -2.24. The molecule has 2 aromatic carbocycles. The predicted molar refractivity (Wildman–Crippen MR) is 69.2 cm³/mol. The Kier molecular flexibility index (Phi) is 2.46. The molecule has 0 fully saturated rings. The van der Waals surface area contributed by atoms with Crippen LogP contribution in [0.3, 0.4) is 0 Å². The van der Waals surface area contributed by atoms with Crippen LogP contribution in [-0.4, -0.2) is 5.11 Å². The molecule has 1 nitrogen and oxygen atoms in total. The second-order valence-electron chi connectivity index (χ2n) is 4.53. The largest absolute Gasteiger partial charge is 0.380 e. The third-order valence-electron chi connectivity index (χ3n) is 3.52. The van der Waals surface area contributed by atoms with Crippen molar-refractivity contribution in [2.75, 3.05) is 0 Å². The molecular weight excluding hydrogens is 232 g/mol. The molecule has 0 amide bonds. The number of hydrogen-bond donors (Lipinski definition) is 1. The van der Waals surface area contributed by atoms with E-state index in [9.17, 15) is 5.11 Å². The van der Waals surface area contributed by atoms with Gasteiger partial charge in [0, 0.05) is 5.02 Å². The summed E-state index contributed by atoms with van der Waals surface area (Å²) < 4.78 is 0. The summed E-state index contributed by atoms with van der Waals surface area (Å²) in [5.41, 5.74) is 2.26. The maximum absolute atomic E-state index is 10.9. The van der Waals surface area contributed by atoms with E-state index in [1.54, 1.807) is 0 Å². The van der Waals surface area contributed by atoms with Gasteiger partial charge in [-0.25, -0.2) is 0 Å². The monoisotopic (exact) mass is 244 g/mol. The van der Waals surface area contributed by atoms with Crippen LogP contribution in [0.2, 0.25) is 5.02 Å². The Morgan fingerprint density at radius 1 is 1.06 bits per heavy atom. The Hall–Kier alpha value is -1.31. The van der Waals surface area contributed by atoms with Gasteiger partial charge in [0.25, 0.3) is 0 Å². The molecule has 1 N–H and O–H groups in total. The Labute approximate surface area is 106 Å². The summed E-state index contributed by atoms with van der Waals surface area (Å²) in [6, 6.07) is 15.6. The average molecular weight is 245 g/mol. The van der Waals surface area contributed by atoms with Crippen LogP contribution in [0.15, 0.2) is 48.5 Å². The molecule has 1 unspecified atom stereocenters. The molecule has 1 atom stereocenters. The van der Waals surface area contributed by atoms with Gasteiger partial charge in [-0.3, -0.25) is 0 Å². The summed E-state index contributed by atoms with van der Waals surface area (Å²) in [4.78, 5) is 0. The van der Waals surface area contributed by atoms with Gasteiger partial charge in [0.1, 0.15) is 5.60 Å². The van der Waals surface area contributed by atoms with Crippen molar-refractivity contribution in [2.24, 2.45) is 0 Å². The van der Waals surface area contributed by atoms with E-state index in [1.165, 1.54) is 5.56 Å². The number of fused-ring (bicyclic) bond motifs is 1. The van der Waals surface area contributed by atoms with Crippen LogP contribution >= 0.6 is 11.6 Å². The molecule has 3 rings (SSSR count). The standard InChI is InChI=1S/C15H13ClO/c16-13-6-3-5-12(10-13)15(17)9-8-11-4-1-2-7-14(11)15/h1-7,10,17H,8-9H2. The van der Waals surface area contributed by atoms with Gasteiger partial charge in [-0.2, -0.15) is 0 Å². The zero-order chi connectivity index (χ0) is 11.9. The van der Waals surface area contributed by atoms with Crippen LogP contribution in [0.1, 0.15) is 23.1 Å². The molecule has 0 saturated carbocycles. The van der Waals surface area contributed by atoms with E-state index in [-0.39, 0.29) is 0 Å². The Balaban J connectivity index is 2.15. The lowest BCUT2D eigenvalue weighted by Crippen LogP contribution is -2.23. The van der Waals surface area contributed by atoms with Crippen LogP contribution < -0.4 is 0 Å². The first-order valence-electron chi connectivity index (χ1n) is 5.77. The fourth-order valence-corrected chi connectivity index (χ4v) is 2.83. The number of aliphatic hydroxyl groups is 1. The fraction of sp³-hybridized carbons (Fsp3) is 0.200. The van der Waals surface area contributed by atoms with E-state index >= 15 is 0 Å². The molecule has 0 bridgehead atoms. The van der Waals surface area contributed by atoms with Crippen molar-refractivity contribution >= 4 is 11.6 Å². The van der Waals surface area contributed by atoms with Crippen molar-refractivity contribution < 1.29 is 5.11 Å². The summed E-state index contributed by atoms with van der Waals surface area (Å²) in [6.07, 6.45) is 1.64. The summed E-state index contributed by atoms with van der Waals surface area (Å²) in [5, 5.41) is 11.5. The molecule has 0 radical (unpaired) electrons. The zero-order valence-electron chi connectivity index (χ0n) is 9.36. The van der Waals surface area contributed by atoms with Gasteiger partial charge in [-0.05, 0) is 41.7 Å². The molecular formula is C15H13ClO. The van der Waals surface area contributed by atoms with Gasteiger partial charge in [0.15, 0.2) is 0 Å². The number of rotatable bonds is 1. The van der Waals surface area contributed by atoms with E-state index in [0.29, 0.717) is 5.02 Å². The summed E-state index contributed by atoms with van der Waals surface area (Å²) in [7, 11) is 0. The first-order valence-corrected chi connectivity index (χ1v) is 6.15. The van der Waals surface area contributed by atoms with Gasteiger partial charge in [-0.1, -0.05) is 48.0 Å². The second-order valence-corrected chi connectivity index (χ2v) is 4.96. The number of benzene rings is 2. The van der Waals surface area contributed by atoms with Crippen LogP contribution in [0.4, 0.5) is 0 Å². The highest BCUT2D eigenvalue weighted by Gasteiger charge is 2.37. The average Bonchev–Trinajstić information content (AvgIpc) is 2.69. The third kappa shape index (κ3) is 1.67. The van der Waals surface area contributed by atoms with Gasteiger partial charge in [0.05, 0.1) is 0 Å². The highest BCUT2D eigenvalue weighted by molar-refractivity contribution is 6.30. The van der Waals surface area contributed by atoms with Crippen LogP contribution in [0.25, 0.3) is 0 Å². The molecule has 0 aliphatic heterocycles. The minimum Gasteiger partial charge on any atom is -0.380 e. The minimum absolute atomic E-state index is 0.667. The van der Waals surface area contributed by atoms with Crippen molar-refractivity contribution in [2.45, 2.75) is 18.4 Å². The number of halogens is 1. The maximum Gasteiger partial charge on any atom is 0.115 e.